The van der Waals surface area contributed by atoms with Gasteiger partial charge < -0.3 is 5.32 Å². The molecule has 0 saturated heterocycles. The Morgan fingerprint density at radius 3 is 2.86 bits per heavy atom. The summed E-state index contributed by atoms with van der Waals surface area (Å²) in [5.74, 6) is 1.66. The van der Waals surface area contributed by atoms with Crippen LogP contribution in [0.1, 0.15) is 45.1 Å². The van der Waals surface area contributed by atoms with Crippen molar-refractivity contribution in [1.82, 2.24) is 4.98 Å². The molecule has 0 amide bonds. The van der Waals surface area contributed by atoms with E-state index in [1.54, 1.807) is 0 Å². The maximum absolute atomic E-state index is 4.54. The summed E-state index contributed by atoms with van der Waals surface area (Å²) in [6, 6.07) is 9.22. The molecular formula is C19H26N2. The highest BCUT2D eigenvalue weighted by Crippen LogP contribution is 2.33. The van der Waals surface area contributed by atoms with E-state index in [0.29, 0.717) is 6.04 Å². The first-order valence-corrected chi connectivity index (χ1v) is 8.26. The Hall–Kier alpha value is -1.57. The van der Waals surface area contributed by atoms with Gasteiger partial charge in [-0.2, -0.15) is 0 Å². The van der Waals surface area contributed by atoms with Crippen LogP contribution < -0.4 is 5.32 Å². The summed E-state index contributed by atoms with van der Waals surface area (Å²) in [5.41, 5.74) is 3.62. The van der Waals surface area contributed by atoms with Crippen molar-refractivity contribution >= 4 is 16.6 Å². The van der Waals surface area contributed by atoms with Gasteiger partial charge in [0, 0.05) is 23.3 Å². The SMILES string of the molecule is Cc1ccc(NC2CCCC(C(C)C)C2)c2cccnc12. The zero-order valence-corrected chi connectivity index (χ0v) is 13.4. The minimum absolute atomic E-state index is 0.609. The van der Waals surface area contributed by atoms with Crippen molar-refractivity contribution in [3.05, 3.63) is 36.0 Å². The second-order valence-corrected chi connectivity index (χ2v) is 6.84. The monoisotopic (exact) mass is 282 g/mol. The molecule has 1 heterocycles. The number of anilines is 1. The molecule has 0 radical (unpaired) electrons. The lowest BCUT2D eigenvalue weighted by atomic mass is 9.79. The highest BCUT2D eigenvalue weighted by atomic mass is 14.9. The molecular weight excluding hydrogens is 256 g/mol. The molecule has 2 nitrogen and oxygen atoms in total. The molecule has 1 aliphatic rings. The summed E-state index contributed by atoms with van der Waals surface area (Å²) in [7, 11) is 0. The van der Waals surface area contributed by atoms with Crippen molar-refractivity contribution in [2.24, 2.45) is 11.8 Å². The molecule has 1 fully saturated rings. The second kappa shape index (κ2) is 6.05. The van der Waals surface area contributed by atoms with Crippen LogP contribution in [0.15, 0.2) is 30.5 Å². The predicted molar refractivity (Wildman–Crippen MR) is 90.7 cm³/mol. The maximum atomic E-state index is 4.54. The zero-order valence-electron chi connectivity index (χ0n) is 13.4. The fourth-order valence-electron chi connectivity index (χ4n) is 3.62. The molecule has 112 valence electrons. The quantitative estimate of drug-likeness (QED) is 0.840. The molecule has 1 aromatic heterocycles. The fraction of sp³-hybridized carbons (Fsp3) is 0.526. The van der Waals surface area contributed by atoms with Gasteiger partial charge in [0.1, 0.15) is 0 Å². The van der Waals surface area contributed by atoms with Crippen LogP contribution in [0.3, 0.4) is 0 Å². The van der Waals surface area contributed by atoms with E-state index in [1.807, 2.05) is 12.3 Å². The Morgan fingerprint density at radius 2 is 2.05 bits per heavy atom. The van der Waals surface area contributed by atoms with Crippen molar-refractivity contribution in [2.75, 3.05) is 5.32 Å². The molecule has 2 aromatic rings. The van der Waals surface area contributed by atoms with Crippen LogP contribution in [0.25, 0.3) is 10.9 Å². The number of pyridine rings is 1. The van der Waals surface area contributed by atoms with Crippen LogP contribution in [0, 0.1) is 18.8 Å². The minimum atomic E-state index is 0.609. The third-order valence-electron chi connectivity index (χ3n) is 4.99. The lowest BCUT2D eigenvalue weighted by molar-refractivity contribution is 0.264. The Morgan fingerprint density at radius 1 is 1.19 bits per heavy atom. The predicted octanol–water partition coefficient (Wildman–Crippen LogP) is 5.17. The van der Waals surface area contributed by atoms with Gasteiger partial charge in [-0.1, -0.05) is 32.8 Å². The van der Waals surface area contributed by atoms with Crippen molar-refractivity contribution < 1.29 is 0 Å². The van der Waals surface area contributed by atoms with Gasteiger partial charge in [-0.15, -0.1) is 0 Å². The van der Waals surface area contributed by atoms with E-state index >= 15 is 0 Å². The number of aromatic nitrogens is 1. The maximum Gasteiger partial charge on any atom is 0.0751 e. The summed E-state index contributed by atoms with van der Waals surface area (Å²) < 4.78 is 0. The normalized spacial score (nSPS) is 22.7. The molecule has 0 spiro atoms. The highest BCUT2D eigenvalue weighted by Gasteiger charge is 2.24. The van der Waals surface area contributed by atoms with Gasteiger partial charge >= 0.3 is 0 Å². The van der Waals surface area contributed by atoms with Crippen molar-refractivity contribution in [2.45, 2.75) is 52.5 Å². The van der Waals surface area contributed by atoms with Crippen LogP contribution in [0.2, 0.25) is 0 Å². The molecule has 2 heteroatoms. The van der Waals surface area contributed by atoms with Crippen molar-refractivity contribution in [1.29, 1.82) is 0 Å². The van der Waals surface area contributed by atoms with Crippen molar-refractivity contribution in [3.8, 4) is 0 Å². The van der Waals surface area contributed by atoms with Crippen LogP contribution >= 0.6 is 0 Å². The summed E-state index contributed by atoms with van der Waals surface area (Å²) in [6.45, 7) is 6.85. The number of nitrogens with one attached hydrogen (secondary N) is 1. The molecule has 3 rings (SSSR count). The van der Waals surface area contributed by atoms with E-state index in [0.717, 1.165) is 17.4 Å². The molecule has 0 aliphatic heterocycles. The average molecular weight is 282 g/mol. The number of rotatable bonds is 3. The van der Waals surface area contributed by atoms with Gasteiger partial charge in [-0.05, 0) is 55.4 Å². The number of nitrogens with zero attached hydrogens (tertiary/aromatic N) is 1. The summed E-state index contributed by atoms with van der Waals surface area (Å²) in [6.07, 6.45) is 7.22. The van der Waals surface area contributed by atoms with E-state index in [-0.39, 0.29) is 0 Å². The number of fused-ring (bicyclic) bond motifs is 1. The average Bonchev–Trinajstić information content (AvgIpc) is 2.51. The van der Waals surface area contributed by atoms with E-state index in [4.69, 9.17) is 0 Å². The van der Waals surface area contributed by atoms with Crippen LogP contribution in [0.4, 0.5) is 5.69 Å². The van der Waals surface area contributed by atoms with Crippen LogP contribution in [-0.4, -0.2) is 11.0 Å². The molecule has 21 heavy (non-hydrogen) atoms. The Labute approximate surface area is 128 Å². The number of aryl methyl sites for hydroxylation is 1. The van der Waals surface area contributed by atoms with Crippen molar-refractivity contribution in [3.63, 3.8) is 0 Å². The van der Waals surface area contributed by atoms with Gasteiger partial charge in [-0.25, -0.2) is 0 Å². The topological polar surface area (TPSA) is 24.9 Å². The Bertz CT molecular complexity index is 618. The fourth-order valence-corrected chi connectivity index (χ4v) is 3.62. The first-order valence-electron chi connectivity index (χ1n) is 8.26. The summed E-state index contributed by atoms with van der Waals surface area (Å²) >= 11 is 0. The van der Waals surface area contributed by atoms with Gasteiger partial charge in [-0.3, -0.25) is 4.98 Å². The second-order valence-electron chi connectivity index (χ2n) is 6.84. The van der Waals surface area contributed by atoms with Gasteiger partial charge in [0.25, 0.3) is 0 Å². The summed E-state index contributed by atoms with van der Waals surface area (Å²) in [4.78, 5) is 4.54. The Balaban J connectivity index is 1.83. The van der Waals surface area contributed by atoms with E-state index < -0.39 is 0 Å². The largest absolute Gasteiger partial charge is 0.382 e. The van der Waals surface area contributed by atoms with Gasteiger partial charge in [0.2, 0.25) is 0 Å². The zero-order chi connectivity index (χ0) is 14.8. The third-order valence-corrected chi connectivity index (χ3v) is 4.99. The first-order chi connectivity index (χ1) is 10.1. The van der Waals surface area contributed by atoms with Gasteiger partial charge in [0.05, 0.1) is 5.52 Å². The standard InChI is InChI=1S/C19H26N2/c1-13(2)15-6-4-7-16(12-15)21-18-10-9-14(3)19-17(18)8-5-11-20-19/h5,8-11,13,15-16,21H,4,6-7,12H2,1-3H3. The molecule has 2 unspecified atom stereocenters. The van der Waals surface area contributed by atoms with E-state index in [2.05, 4.69) is 49.3 Å². The molecule has 1 saturated carbocycles. The molecule has 1 N–H and O–H groups in total. The summed E-state index contributed by atoms with van der Waals surface area (Å²) in [5, 5.41) is 5.05. The first kappa shape index (κ1) is 14.4. The number of hydrogen-bond donors (Lipinski definition) is 1. The molecule has 0 bridgehead atoms. The van der Waals surface area contributed by atoms with Crippen LogP contribution in [-0.2, 0) is 0 Å². The van der Waals surface area contributed by atoms with E-state index in [1.165, 1.54) is 42.3 Å². The molecule has 2 atom stereocenters. The lowest BCUT2D eigenvalue weighted by Gasteiger charge is -2.33. The van der Waals surface area contributed by atoms with Gasteiger partial charge in [0.15, 0.2) is 0 Å². The number of benzene rings is 1. The number of hydrogen-bond acceptors (Lipinski definition) is 2. The molecule has 1 aliphatic carbocycles. The highest BCUT2D eigenvalue weighted by molar-refractivity contribution is 5.93. The van der Waals surface area contributed by atoms with E-state index in [9.17, 15) is 0 Å². The van der Waals surface area contributed by atoms with Crippen LogP contribution in [0.5, 0.6) is 0 Å². The minimum Gasteiger partial charge on any atom is -0.382 e. The lowest BCUT2D eigenvalue weighted by Crippen LogP contribution is -2.29. The Kier molecular flexibility index (Phi) is 4.14. The third kappa shape index (κ3) is 3.04. The molecule has 1 aromatic carbocycles. The smallest absolute Gasteiger partial charge is 0.0751 e.